The summed E-state index contributed by atoms with van der Waals surface area (Å²) in [4.78, 5) is 27.3. The van der Waals surface area contributed by atoms with Gasteiger partial charge in [0.15, 0.2) is 0 Å². The van der Waals surface area contributed by atoms with Crippen LogP contribution in [0.5, 0.6) is 0 Å². The van der Waals surface area contributed by atoms with Crippen LogP contribution in [0.2, 0.25) is 0 Å². The van der Waals surface area contributed by atoms with Gasteiger partial charge in [0.05, 0.1) is 11.6 Å². The number of nitrogens with one attached hydrogen (secondary N) is 1. The third-order valence-electron chi connectivity index (χ3n) is 2.56. The first-order valence-electron chi connectivity index (χ1n) is 6.77. The van der Waals surface area contributed by atoms with Crippen LogP contribution in [0.1, 0.15) is 31.9 Å². The molecule has 6 heteroatoms. The molecule has 1 aromatic carbocycles. The Bertz CT molecular complexity index is 620. The molecule has 0 atom stereocenters. The average Bonchev–Trinajstić information content (AvgIpc) is 2.44. The molecule has 116 valence electrons. The first-order valence-corrected chi connectivity index (χ1v) is 6.77. The SMILES string of the molecule is CNC(=O)/C(Cc1ccc(C#N)cc1)=N\C(=O)OC(C)(C)C. The number of amides is 2. The van der Waals surface area contributed by atoms with Gasteiger partial charge in [-0.15, -0.1) is 0 Å². The highest BCUT2D eigenvalue weighted by Gasteiger charge is 2.18. The fourth-order valence-electron chi connectivity index (χ4n) is 1.60. The molecule has 0 aliphatic heterocycles. The lowest BCUT2D eigenvalue weighted by molar-refractivity contribution is -0.114. The Balaban J connectivity index is 2.95. The normalized spacial score (nSPS) is 11.5. The van der Waals surface area contributed by atoms with Gasteiger partial charge in [0.2, 0.25) is 0 Å². The summed E-state index contributed by atoms with van der Waals surface area (Å²) in [6.07, 6.45) is -0.635. The van der Waals surface area contributed by atoms with Gasteiger partial charge in [0.1, 0.15) is 11.3 Å². The van der Waals surface area contributed by atoms with E-state index in [4.69, 9.17) is 10.00 Å². The molecule has 1 rings (SSSR count). The third kappa shape index (κ3) is 5.75. The average molecular weight is 301 g/mol. The molecule has 0 radical (unpaired) electrons. The van der Waals surface area contributed by atoms with Gasteiger partial charge in [0, 0.05) is 13.5 Å². The van der Waals surface area contributed by atoms with E-state index in [1.165, 1.54) is 7.05 Å². The van der Waals surface area contributed by atoms with Crippen molar-refractivity contribution in [3.05, 3.63) is 35.4 Å². The molecule has 0 aliphatic carbocycles. The molecule has 0 unspecified atom stereocenters. The zero-order valence-electron chi connectivity index (χ0n) is 13.1. The Morgan fingerprint density at radius 2 is 1.86 bits per heavy atom. The fraction of sp³-hybridized carbons (Fsp3) is 0.375. The summed E-state index contributed by atoms with van der Waals surface area (Å²) in [5, 5.41) is 11.2. The first kappa shape index (κ1) is 17.4. The second-order valence-electron chi connectivity index (χ2n) is 5.60. The van der Waals surface area contributed by atoms with E-state index in [1.54, 1.807) is 45.0 Å². The molecule has 1 N–H and O–H groups in total. The Labute approximate surface area is 129 Å². The van der Waals surface area contributed by atoms with E-state index in [2.05, 4.69) is 10.3 Å². The number of carbonyl (C=O) groups excluding carboxylic acids is 2. The minimum absolute atomic E-state index is 0.0569. The van der Waals surface area contributed by atoms with Crippen molar-refractivity contribution in [2.75, 3.05) is 7.05 Å². The highest BCUT2D eigenvalue weighted by molar-refractivity contribution is 6.40. The summed E-state index contributed by atoms with van der Waals surface area (Å²) >= 11 is 0. The Kier molecular flexibility index (Phi) is 5.81. The standard InChI is InChI=1S/C16H19N3O3/c1-16(2,3)22-15(21)19-13(14(20)18-4)9-11-5-7-12(10-17)8-6-11/h5-8H,9H2,1-4H3,(H,18,20)/b19-13-. The predicted molar refractivity (Wildman–Crippen MR) is 82.6 cm³/mol. The van der Waals surface area contributed by atoms with Crippen LogP contribution in [-0.2, 0) is 16.0 Å². The Morgan fingerprint density at radius 1 is 1.27 bits per heavy atom. The molecule has 0 heterocycles. The number of carbonyl (C=O) groups is 2. The van der Waals surface area contributed by atoms with Crippen molar-refractivity contribution in [3.8, 4) is 6.07 Å². The van der Waals surface area contributed by atoms with E-state index in [-0.39, 0.29) is 12.1 Å². The van der Waals surface area contributed by atoms with Crippen LogP contribution in [0.25, 0.3) is 0 Å². The lowest BCUT2D eigenvalue weighted by Gasteiger charge is -2.17. The monoisotopic (exact) mass is 301 g/mol. The van der Waals surface area contributed by atoms with Crippen molar-refractivity contribution < 1.29 is 14.3 Å². The summed E-state index contributed by atoms with van der Waals surface area (Å²) in [6, 6.07) is 8.73. The topological polar surface area (TPSA) is 91.5 Å². The summed E-state index contributed by atoms with van der Waals surface area (Å²) in [5.74, 6) is -0.449. The van der Waals surface area contributed by atoms with Gasteiger partial charge < -0.3 is 10.1 Å². The molecule has 0 aliphatic rings. The van der Waals surface area contributed by atoms with Crippen molar-refractivity contribution in [1.82, 2.24) is 5.32 Å². The first-order chi connectivity index (χ1) is 10.2. The third-order valence-corrected chi connectivity index (χ3v) is 2.56. The van der Waals surface area contributed by atoms with Gasteiger partial charge in [-0.25, -0.2) is 4.79 Å². The molecule has 0 saturated heterocycles. The summed E-state index contributed by atoms with van der Waals surface area (Å²) < 4.78 is 5.09. The van der Waals surface area contributed by atoms with Gasteiger partial charge in [-0.1, -0.05) is 12.1 Å². The minimum Gasteiger partial charge on any atom is -0.442 e. The second kappa shape index (κ2) is 7.36. The smallest absolute Gasteiger partial charge is 0.434 e. The minimum atomic E-state index is -0.806. The van der Waals surface area contributed by atoms with Crippen molar-refractivity contribution in [1.29, 1.82) is 5.26 Å². The molecule has 1 aromatic rings. The highest BCUT2D eigenvalue weighted by atomic mass is 16.6. The summed E-state index contributed by atoms with van der Waals surface area (Å²) in [6.45, 7) is 5.17. The maximum absolute atomic E-state index is 11.8. The van der Waals surface area contributed by atoms with Crippen LogP contribution in [0, 0.1) is 11.3 Å². The number of ether oxygens (including phenoxy) is 1. The number of rotatable bonds is 3. The van der Waals surface area contributed by atoms with Crippen LogP contribution in [0.3, 0.4) is 0 Å². The Hall–Kier alpha value is -2.68. The molecular formula is C16H19N3O3. The predicted octanol–water partition coefficient (Wildman–Crippen LogP) is 2.22. The number of aliphatic imine (C=N–C) groups is 1. The van der Waals surface area contributed by atoms with Crippen LogP contribution < -0.4 is 5.32 Å². The van der Waals surface area contributed by atoms with E-state index in [1.807, 2.05) is 6.07 Å². The maximum Gasteiger partial charge on any atom is 0.434 e. The molecule has 6 nitrogen and oxygen atoms in total. The largest absolute Gasteiger partial charge is 0.442 e. The number of nitriles is 1. The molecule has 0 fully saturated rings. The lowest BCUT2D eigenvalue weighted by Crippen LogP contribution is -2.31. The quantitative estimate of drug-likeness (QED) is 0.866. The molecule has 0 aromatic heterocycles. The van der Waals surface area contributed by atoms with Gasteiger partial charge in [-0.05, 0) is 38.5 Å². The van der Waals surface area contributed by atoms with Gasteiger partial charge in [-0.2, -0.15) is 10.3 Å². The van der Waals surface area contributed by atoms with Gasteiger partial charge in [0.25, 0.3) is 5.91 Å². The van der Waals surface area contributed by atoms with Crippen molar-refractivity contribution in [3.63, 3.8) is 0 Å². The molecule has 0 saturated carbocycles. The summed E-state index contributed by atoms with van der Waals surface area (Å²) in [7, 11) is 1.46. The molecule has 0 spiro atoms. The van der Waals surface area contributed by atoms with E-state index >= 15 is 0 Å². The molecule has 22 heavy (non-hydrogen) atoms. The number of nitrogens with zero attached hydrogens (tertiary/aromatic N) is 2. The lowest BCUT2D eigenvalue weighted by atomic mass is 10.1. The van der Waals surface area contributed by atoms with Crippen molar-refractivity contribution in [2.24, 2.45) is 4.99 Å². The van der Waals surface area contributed by atoms with Crippen molar-refractivity contribution in [2.45, 2.75) is 32.8 Å². The number of hydrogen-bond acceptors (Lipinski definition) is 4. The van der Waals surface area contributed by atoms with E-state index in [9.17, 15) is 9.59 Å². The number of hydrogen-bond donors (Lipinski definition) is 1. The highest BCUT2D eigenvalue weighted by Crippen LogP contribution is 2.10. The van der Waals surface area contributed by atoms with Crippen LogP contribution >= 0.6 is 0 Å². The molecule has 0 bridgehead atoms. The number of benzene rings is 1. The zero-order chi connectivity index (χ0) is 16.8. The maximum atomic E-state index is 11.8. The zero-order valence-corrected chi connectivity index (χ0v) is 13.1. The van der Waals surface area contributed by atoms with Gasteiger partial charge >= 0.3 is 6.09 Å². The van der Waals surface area contributed by atoms with Crippen LogP contribution in [0.4, 0.5) is 4.79 Å². The Morgan fingerprint density at radius 3 is 2.32 bits per heavy atom. The second-order valence-corrected chi connectivity index (χ2v) is 5.60. The summed E-state index contributed by atoms with van der Waals surface area (Å²) in [5.41, 5.74) is 0.670. The molecular weight excluding hydrogens is 282 g/mol. The van der Waals surface area contributed by atoms with Crippen LogP contribution in [0.15, 0.2) is 29.3 Å². The fourth-order valence-corrected chi connectivity index (χ4v) is 1.60. The van der Waals surface area contributed by atoms with E-state index < -0.39 is 17.6 Å². The molecule has 2 amide bonds. The van der Waals surface area contributed by atoms with Crippen LogP contribution in [-0.4, -0.2) is 30.4 Å². The van der Waals surface area contributed by atoms with E-state index in [0.29, 0.717) is 5.56 Å². The van der Waals surface area contributed by atoms with Gasteiger partial charge in [-0.3, -0.25) is 4.79 Å². The van der Waals surface area contributed by atoms with Crippen molar-refractivity contribution >= 4 is 17.7 Å². The van der Waals surface area contributed by atoms with E-state index in [0.717, 1.165) is 5.56 Å².